The molecule has 3 nitrogen and oxygen atoms in total. The molecule has 0 saturated carbocycles. The summed E-state index contributed by atoms with van der Waals surface area (Å²) in [5.41, 5.74) is 4.46. The molecule has 4 heteroatoms. The zero-order valence-electron chi connectivity index (χ0n) is 14.3. The first kappa shape index (κ1) is 17.0. The van der Waals surface area contributed by atoms with Gasteiger partial charge in [-0.05, 0) is 37.6 Å². The molecule has 0 N–H and O–H groups in total. The monoisotopic (exact) mass is 337 g/mol. The van der Waals surface area contributed by atoms with Crippen LogP contribution in [0.5, 0.6) is 0 Å². The Balaban J connectivity index is 2.18. The number of aromatic nitrogens is 1. The quantitative estimate of drug-likeness (QED) is 0.624. The molecule has 1 aromatic heterocycles. The van der Waals surface area contributed by atoms with Crippen LogP contribution in [0.25, 0.3) is 22.4 Å². The zero-order chi connectivity index (χ0) is 17.8. The molecule has 0 bridgehead atoms. The molecule has 0 saturated heterocycles. The smallest absolute Gasteiger partial charge is 0.325 e. The van der Waals surface area contributed by atoms with Gasteiger partial charge in [0.1, 0.15) is 12.4 Å². The fraction of sp³-hybridized carbons (Fsp3) is 0.190. The maximum absolute atomic E-state index is 13.8. The normalized spacial score (nSPS) is 10.7. The van der Waals surface area contributed by atoms with Crippen molar-refractivity contribution in [3.63, 3.8) is 0 Å². The standard InChI is InChI=1S/C21H20FNO2/c1-3-25-20(24)14-23-15(2)12-19(16-8-5-4-6-9-16)21(23)17-10-7-11-18(22)13-17/h4-13H,3,14H2,1-2H3. The summed E-state index contributed by atoms with van der Waals surface area (Å²) in [5, 5.41) is 0. The molecule has 0 atom stereocenters. The summed E-state index contributed by atoms with van der Waals surface area (Å²) in [6, 6.07) is 18.3. The zero-order valence-corrected chi connectivity index (χ0v) is 14.3. The summed E-state index contributed by atoms with van der Waals surface area (Å²) in [4.78, 5) is 12.0. The van der Waals surface area contributed by atoms with E-state index in [4.69, 9.17) is 4.74 Å². The Bertz CT molecular complexity index is 884. The first-order valence-electron chi connectivity index (χ1n) is 8.27. The first-order valence-corrected chi connectivity index (χ1v) is 8.27. The lowest BCUT2D eigenvalue weighted by Gasteiger charge is -2.13. The summed E-state index contributed by atoms with van der Waals surface area (Å²) in [5.74, 6) is -0.614. The van der Waals surface area contributed by atoms with E-state index in [1.807, 2.05) is 54.0 Å². The van der Waals surface area contributed by atoms with Crippen LogP contribution in [0.3, 0.4) is 0 Å². The van der Waals surface area contributed by atoms with E-state index in [0.29, 0.717) is 6.61 Å². The van der Waals surface area contributed by atoms with E-state index in [1.54, 1.807) is 13.0 Å². The minimum Gasteiger partial charge on any atom is -0.465 e. The van der Waals surface area contributed by atoms with E-state index in [-0.39, 0.29) is 18.3 Å². The maximum atomic E-state index is 13.8. The number of rotatable bonds is 5. The van der Waals surface area contributed by atoms with Gasteiger partial charge in [-0.1, -0.05) is 42.5 Å². The second-order valence-corrected chi connectivity index (χ2v) is 5.82. The summed E-state index contributed by atoms with van der Waals surface area (Å²) >= 11 is 0. The molecular formula is C21H20FNO2. The van der Waals surface area contributed by atoms with Crippen molar-refractivity contribution in [2.75, 3.05) is 6.61 Å². The highest BCUT2D eigenvalue weighted by molar-refractivity contribution is 5.84. The van der Waals surface area contributed by atoms with Gasteiger partial charge in [-0.15, -0.1) is 0 Å². The fourth-order valence-corrected chi connectivity index (χ4v) is 3.00. The first-order chi connectivity index (χ1) is 12.1. The van der Waals surface area contributed by atoms with Crippen LogP contribution in [0.1, 0.15) is 12.6 Å². The van der Waals surface area contributed by atoms with Gasteiger partial charge in [0.15, 0.2) is 0 Å². The molecule has 0 amide bonds. The van der Waals surface area contributed by atoms with E-state index >= 15 is 0 Å². The third-order valence-corrected chi connectivity index (χ3v) is 4.08. The number of hydrogen-bond acceptors (Lipinski definition) is 2. The lowest BCUT2D eigenvalue weighted by molar-refractivity contribution is -0.143. The van der Waals surface area contributed by atoms with Gasteiger partial charge in [0, 0.05) is 16.8 Å². The largest absolute Gasteiger partial charge is 0.465 e. The highest BCUT2D eigenvalue weighted by atomic mass is 19.1. The number of carbonyl (C=O) groups excluding carboxylic acids is 1. The molecular weight excluding hydrogens is 317 g/mol. The van der Waals surface area contributed by atoms with Crippen molar-refractivity contribution in [1.29, 1.82) is 0 Å². The minimum absolute atomic E-state index is 0.0956. The van der Waals surface area contributed by atoms with Crippen LogP contribution in [0, 0.1) is 12.7 Å². The third kappa shape index (κ3) is 3.63. The number of hydrogen-bond donors (Lipinski definition) is 0. The predicted molar refractivity (Wildman–Crippen MR) is 96.6 cm³/mol. The van der Waals surface area contributed by atoms with Crippen LogP contribution in [-0.2, 0) is 16.1 Å². The molecule has 3 aromatic rings. The number of halogens is 1. The topological polar surface area (TPSA) is 31.2 Å². The molecule has 0 aliphatic carbocycles. The van der Waals surface area contributed by atoms with E-state index in [9.17, 15) is 9.18 Å². The summed E-state index contributed by atoms with van der Waals surface area (Å²) in [6.45, 7) is 4.15. The minimum atomic E-state index is -0.307. The van der Waals surface area contributed by atoms with Crippen LogP contribution in [0.15, 0.2) is 60.7 Å². The summed E-state index contributed by atoms with van der Waals surface area (Å²) in [7, 11) is 0. The van der Waals surface area contributed by atoms with Crippen molar-refractivity contribution in [3.05, 3.63) is 72.2 Å². The lowest BCUT2D eigenvalue weighted by Crippen LogP contribution is -2.15. The molecule has 0 spiro atoms. The number of carbonyl (C=O) groups is 1. The third-order valence-electron chi connectivity index (χ3n) is 4.08. The van der Waals surface area contributed by atoms with Gasteiger partial charge in [0.2, 0.25) is 0 Å². The van der Waals surface area contributed by atoms with Crippen molar-refractivity contribution in [3.8, 4) is 22.4 Å². The molecule has 0 aliphatic heterocycles. The average Bonchev–Trinajstić information content (AvgIpc) is 2.92. The Labute approximate surface area is 146 Å². The van der Waals surface area contributed by atoms with Gasteiger partial charge in [-0.25, -0.2) is 4.39 Å². The highest BCUT2D eigenvalue weighted by Crippen LogP contribution is 2.35. The van der Waals surface area contributed by atoms with Crippen molar-refractivity contribution in [2.45, 2.75) is 20.4 Å². The van der Waals surface area contributed by atoms with Gasteiger partial charge < -0.3 is 9.30 Å². The predicted octanol–water partition coefficient (Wildman–Crippen LogP) is 4.83. The van der Waals surface area contributed by atoms with Gasteiger partial charge in [0.05, 0.1) is 12.3 Å². The van der Waals surface area contributed by atoms with Crippen LogP contribution in [0.2, 0.25) is 0 Å². The molecule has 3 rings (SSSR count). The summed E-state index contributed by atoms with van der Waals surface area (Å²) < 4.78 is 20.8. The Kier molecular flexibility index (Phi) is 4.98. The Hall–Kier alpha value is -2.88. The van der Waals surface area contributed by atoms with Gasteiger partial charge in [-0.2, -0.15) is 0 Å². The van der Waals surface area contributed by atoms with Gasteiger partial charge >= 0.3 is 5.97 Å². The maximum Gasteiger partial charge on any atom is 0.325 e. The molecule has 0 unspecified atom stereocenters. The average molecular weight is 337 g/mol. The van der Waals surface area contributed by atoms with Crippen molar-refractivity contribution in [2.24, 2.45) is 0 Å². The number of aryl methyl sites for hydroxylation is 1. The van der Waals surface area contributed by atoms with Crippen LogP contribution in [0.4, 0.5) is 4.39 Å². The molecule has 0 radical (unpaired) electrons. The molecule has 128 valence electrons. The van der Waals surface area contributed by atoms with Gasteiger partial charge in [0.25, 0.3) is 0 Å². The number of nitrogens with zero attached hydrogens (tertiary/aromatic N) is 1. The second kappa shape index (κ2) is 7.34. The van der Waals surface area contributed by atoms with Crippen LogP contribution >= 0.6 is 0 Å². The van der Waals surface area contributed by atoms with E-state index in [2.05, 4.69) is 0 Å². The number of esters is 1. The van der Waals surface area contributed by atoms with Crippen LogP contribution < -0.4 is 0 Å². The Morgan fingerprint density at radius 1 is 1.04 bits per heavy atom. The second-order valence-electron chi connectivity index (χ2n) is 5.82. The number of ether oxygens (including phenoxy) is 1. The van der Waals surface area contributed by atoms with Crippen molar-refractivity contribution < 1.29 is 13.9 Å². The number of benzene rings is 2. The van der Waals surface area contributed by atoms with E-state index in [0.717, 1.165) is 28.1 Å². The Morgan fingerprint density at radius 3 is 2.44 bits per heavy atom. The van der Waals surface area contributed by atoms with Crippen molar-refractivity contribution >= 4 is 5.97 Å². The summed E-state index contributed by atoms with van der Waals surface area (Å²) in [6.07, 6.45) is 0. The molecule has 2 aromatic carbocycles. The Morgan fingerprint density at radius 2 is 1.76 bits per heavy atom. The van der Waals surface area contributed by atoms with E-state index < -0.39 is 0 Å². The van der Waals surface area contributed by atoms with E-state index in [1.165, 1.54) is 12.1 Å². The van der Waals surface area contributed by atoms with Gasteiger partial charge in [-0.3, -0.25) is 4.79 Å². The van der Waals surface area contributed by atoms with Crippen molar-refractivity contribution in [1.82, 2.24) is 4.57 Å². The lowest BCUT2D eigenvalue weighted by atomic mass is 10.0. The molecule has 25 heavy (non-hydrogen) atoms. The molecule has 0 fully saturated rings. The molecule has 0 aliphatic rings. The fourth-order valence-electron chi connectivity index (χ4n) is 3.00. The SMILES string of the molecule is CCOC(=O)Cn1c(C)cc(-c2ccccc2)c1-c1cccc(F)c1. The highest BCUT2D eigenvalue weighted by Gasteiger charge is 2.18. The molecule has 1 heterocycles. The van der Waals surface area contributed by atoms with Crippen LogP contribution in [-0.4, -0.2) is 17.1 Å².